The van der Waals surface area contributed by atoms with E-state index in [-0.39, 0.29) is 6.04 Å². The molecule has 0 aliphatic heterocycles. The van der Waals surface area contributed by atoms with Gasteiger partial charge in [-0.25, -0.2) is 0 Å². The molecule has 0 radical (unpaired) electrons. The highest BCUT2D eigenvalue weighted by molar-refractivity contribution is 9.11. The van der Waals surface area contributed by atoms with Crippen LogP contribution in [0.3, 0.4) is 0 Å². The van der Waals surface area contributed by atoms with Gasteiger partial charge in [0.1, 0.15) is 0 Å². The van der Waals surface area contributed by atoms with Crippen LogP contribution in [-0.2, 0) is 13.5 Å². The quantitative estimate of drug-likeness (QED) is 0.731. The average Bonchev–Trinajstić information content (AvgIpc) is 2.63. The van der Waals surface area contributed by atoms with Gasteiger partial charge in [0, 0.05) is 28.5 Å². The summed E-state index contributed by atoms with van der Waals surface area (Å²) in [5.74, 6) is 0. The number of hydrogen-bond donors (Lipinski definition) is 1. The zero-order valence-corrected chi connectivity index (χ0v) is 16.2. The summed E-state index contributed by atoms with van der Waals surface area (Å²) in [7, 11) is 1.94. The van der Waals surface area contributed by atoms with Gasteiger partial charge in [0.15, 0.2) is 0 Å². The largest absolute Gasteiger partial charge is 0.310 e. The maximum atomic E-state index is 6.38. The standard InChI is InChI=1S/C15H18Br2ClN3/c1-4-19-13(10-5-11(16)7-12(17)6-10)8-14-15(18)9(2)20-21(14)3/h5-7,13,19H,4,8H2,1-3H3. The molecule has 2 aromatic rings. The highest BCUT2D eigenvalue weighted by Gasteiger charge is 2.18. The van der Waals surface area contributed by atoms with E-state index in [1.807, 2.05) is 24.7 Å². The molecule has 21 heavy (non-hydrogen) atoms. The minimum atomic E-state index is 0.191. The van der Waals surface area contributed by atoms with Crippen LogP contribution in [0.25, 0.3) is 0 Å². The van der Waals surface area contributed by atoms with E-state index in [1.165, 1.54) is 5.56 Å². The van der Waals surface area contributed by atoms with Crippen LogP contribution in [-0.4, -0.2) is 16.3 Å². The van der Waals surface area contributed by atoms with Crippen molar-refractivity contribution in [3.05, 3.63) is 49.1 Å². The van der Waals surface area contributed by atoms with Crippen LogP contribution in [0, 0.1) is 6.92 Å². The minimum absolute atomic E-state index is 0.191. The van der Waals surface area contributed by atoms with E-state index in [1.54, 1.807) is 0 Å². The Hall–Kier alpha value is -0.360. The first-order valence-corrected chi connectivity index (χ1v) is 8.76. The van der Waals surface area contributed by atoms with Crippen LogP contribution >= 0.6 is 43.5 Å². The first kappa shape index (κ1) is 17.0. The fourth-order valence-corrected chi connectivity index (χ4v) is 3.99. The van der Waals surface area contributed by atoms with Gasteiger partial charge in [-0.3, -0.25) is 4.68 Å². The molecule has 0 aliphatic carbocycles. The lowest BCUT2D eigenvalue weighted by Crippen LogP contribution is -2.24. The molecule has 1 aromatic carbocycles. The number of nitrogens with one attached hydrogen (secondary N) is 1. The number of halogens is 3. The molecule has 0 saturated heterocycles. The lowest BCUT2D eigenvalue weighted by molar-refractivity contribution is 0.528. The number of aromatic nitrogens is 2. The van der Waals surface area contributed by atoms with Gasteiger partial charge in [0.25, 0.3) is 0 Å². The van der Waals surface area contributed by atoms with E-state index in [0.717, 1.165) is 38.3 Å². The van der Waals surface area contributed by atoms with Gasteiger partial charge in [-0.15, -0.1) is 0 Å². The second-order valence-electron chi connectivity index (χ2n) is 4.99. The highest BCUT2D eigenvalue weighted by Crippen LogP contribution is 2.29. The third-order valence-electron chi connectivity index (χ3n) is 3.40. The van der Waals surface area contributed by atoms with Gasteiger partial charge < -0.3 is 5.32 Å². The molecule has 0 amide bonds. The third kappa shape index (κ3) is 4.09. The Labute approximate surface area is 147 Å². The van der Waals surface area contributed by atoms with Gasteiger partial charge in [-0.2, -0.15) is 5.10 Å². The zero-order chi connectivity index (χ0) is 15.6. The van der Waals surface area contributed by atoms with Crippen LogP contribution in [0.2, 0.25) is 5.02 Å². The minimum Gasteiger partial charge on any atom is -0.310 e. The number of nitrogens with zero attached hydrogens (tertiary/aromatic N) is 2. The molecule has 0 saturated carbocycles. The monoisotopic (exact) mass is 433 g/mol. The second-order valence-corrected chi connectivity index (χ2v) is 7.20. The van der Waals surface area contributed by atoms with Crippen LogP contribution in [0.4, 0.5) is 0 Å². The fraction of sp³-hybridized carbons (Fsp3) is 0.400. The molecule has 1 heterocycles. The Morgan fingerprint density at radius 2 is 1.90 bits per heavy atom. The molecule has 1 unspecified atom stereocenters. The molecule has 1 aromatic heterocycles. The van der Waals surface area contributed by atoms with Crippen LogP contribution in [0.5, 0.6) is 0 Å². The summed E-state index contributed by atoms with van der Waals surface area (Å²) >= 11 is 13.5. The maximum Gasteiger partial charge on any atom is 0.0847 e. The second kappa shape index (κ2) is 7.27. The van der Waals surface area contributed by atoms with E-state index < -0.39 is 0 Å². The van der Waals surface area contributed by atoms with E-state index in [0.29, 0.717) is 0 Å². The molecule has 6 heteroatoms. The Kier molecular flexibility index (Phi) is 5.88. The Morgan fingerprint density at radius 1 is 1.29 bits per heavy atom. The van der Waals surface area contributed by atoms with Crippen LogP contribution < -0.4 is 5.32 Å². The number of rotatable bonds is 5. The highest BCUT2D eigenvalue weighted by atomic mass is 79.9. The molecule has 3 nitrogen and oxygen atoms in total. The molecular weight excluding hydrogens is 417 g/mol. The average molecular weight is 436 g/mol. The van der Waals surface area contributed by atoms with Gasteiger partial charge in [-0.05, 0) is 37.2 Å². The van der Waals surface area contributed by atoms with Crippen molar-refractivity contribution in [3.8, 4) is 0 Å². The number of aryl methyl sites for hydroxylation is 2. The summed E-state index contributed by atoms with van der Waals surface area (Å²) in [4.78, 5) is 0. The van der Waals surface area contributed by atoms with Gasteiger partial charge in [0.05, 0.1) is 16.4 Å². The molecule has 1 N–H and O–H groups in total. The molecule has 0 spiro atoms. The predicted octanol–water partition coefficient (Wildman–Crippen LogP) is 4.80. The van der Waals surface area contributed by atoms with Crippen LogP contribution in [0.15, 0.2) is 27.1 Å². The van der Waals surface area contributed by atoms with Gasteiger partial charge >= 0.3 is 0 Å². The summed E-state index contributed by atoms with van der Waals surface area (Å²) in [6.45, 7) is 4.93. The summed E-state index contributed by atoms with van der Waals surface area (Å²) in [5.41, 5.74) is 3.14. The van der Waals surface area contributed by atoms with Crippen molar-refractivity contribution in [1.82, 2.24) is 15.1 Å². The van der Waals surface area contributed by atoms with E-state index >= 15 is 0 Å². The first-order chi connectivity index (χ1) is 9.92. The summed E-state index contributed by atoms with van der Waals surface area (Å²) in [6, 6.07) is 6.49. The van der Waals surface area contributed by atoms with Crippen LogP contribution in [0.1, 0.15) is 29.9 Å². The molecule has 0 bridgehead atoms. The normalized spacial score (nSPS) is 12.7. The van der Waals surface area contributed by atoms with Crippen molar-refractivity contribution in [2.45, 2.75) is 26.3 Å². The lowest BCUT2D eigenvalue weighted by Gasteiger charge is -2.19. The maximum absolute atomic E-state index is 6.38. The molecule has 0 aliphatic rings. The van der Waals surface area contributed by atoms with Gasteiger partial charge in [-0.1, -0.05) is 50.4 Å². The predicted molar refractivity (Wildman–Crippen MR) is 94.9 cm³/mol. The number of likely N-dealkylation sites (N-methyl/N-ethyl adjacent to an activating group) is 1. The zero-order valence-electron chi connectivity index (χ0n) is 12.3. The summed E-state index contributed by atoms with van der Waals surface area (Å²) < 4.78 is 3.99. The van der Waals surface area contributed by atoms with E-state index in [4.69, 9.17) is 11.6 Å². The van der Waals surface area contributed by atoms with Gasteiger partial charge in [0.2, 0.25) is 0 Å². The Balaban J connectivity index is 2.35. The topological polar surface area (TPSA) is 29.9 Å². The van der Waals surface area contributed by atoms with Crippen molar-refractivity contribution < 1.29 is 0 Å². The summed E-state index contributed by atoms with van der Waals surface area (Å²) in [6.07, 6.45) is 0.799. The van der Waals surface area contributed by atoms with Crippen molar-refractivity contribution in [2.24, 2.45) is 7.05 Å². The smallest absolute Gasteiger partial charge is 0.0847 e. The van der Waals surface area contributed by atoms with Crippen molar-refractivity contribution in [3.63, 3.8) is 0 Å². The Bertz CT molecular complexity index is 620. The molecular formula is C15H18Br2ClN3. The third-order valence-corrected chi connectivity index (χ3v) is 4.80. The Morgan fingerprint density at radius 3 is 2.38 bits per heavy atom. The molecule has 1 atom stereocenters. The van der Waals surface area contributed by atoms with Crippen molar-refractivity contribution in [1.29, 1.82) is 0 Å². The van der Waals surface area contributed by atoms with Crippen molar-refractivity contribution >= 4 is 43.5 Å². The summed E-state index contributed by atoms with van der Waals surface area (Å²) in [5, 5.41) is 8.67. The van der Waals surface area contributed by atoms with Crippen molar-refractivity contribution in [2.75, 3.05) is 6.54 Å². The lowest BCUT2D eigenvalue weighted by atomic mass is 10.0. The first-order valence-electron chi connectivity index (χ1n) is 6.79. The number of hydrogen-bond acceptors (Lipinski definition) is 2. The SMILES string of the molecule is CCNC(Cc1c(Cl)c(C)nn1C)c1cc(Br)cc(Br)c1. The molecule has 2 rings (SSSR count). The molecule has 0 fully saturated rings. The van der Waals surface area contributed by atoms with E-state index in [2.05, 4.69) is 61.3 Å². The van der Waals surface area contributed by atoms with E-state index in [9.17, 15) is 0 Å². The fourth-order valence-electron chi connectivity index (χ4n) is 2.43. The number of benzene rings is 1. The molecule has 114 valence electrons.